The van der Waals surface area contributed by atoms with E-state index in [1.54, 1.807) is 0 Å². The van der Waals surface area contributed by atoms with Crippen molar-refractivity contribution in [2.45, 2.75) is 39.2 Å². The summed E-state index contributed by atoms with van der Waals surface area (Å²) in [7, 11) is 0. The van der Waals surface area contributed by atoms with Gasteiger partial charge in [0, 0.05) is 23.6 Å². The molecule has 1 aliphatic rings. The van der Waals surface area contributed by atoms with E-state index < -0.39 is 0 Å². The summed E-state index contributed by atoms with van der Waals surface area (Å²) in [5.41, 5.74) is 2.99. The summed E-state index contributed by atoms with van der Waals surface area (Å²) in [4.78, 5) is 2.58. The molecule has 0 bridgehead atoms. The van der Waals surface area contributed by atoms with E-state index in [1.807, 2.05) is 0 Å². The van der Waals surface area contributed by atoms with Crippen LogP contribution in [0.15, 0.2) is 24.3 Å². The van der Waals surface area contributed by atoms with Crippen molar-refractivity contribution in [2.24, 2.45) is 5.92 Å². The third kappa shape index (κ3) is 3.04. The van der Waals surface area contributed by atoms with E-state index in [2.05, 4.69) is 58.9 Å². The van der Waals surface area contributed by atoms with E-state index in [0.717, 1.165) is 11.2 Å². The van der Waals surface area contributed by atoms with Gasteiger partial charge in [0.1, 0.15) is 0 Å². The number of alkyl halides is 1. The third-order valence-electron chi connectivity index (χ3n) is 3.81. The van der Waals surface area contributed by atoms with Gasteiger partial charge in [0.2, 0.25) is 0 Å². The molecule has 1 aromatic rings. The summed E-state index contributed by atoms with van der Waals surface area (Å²) in [5, 5.41) is 1.13. The Hall–Kier alpha value is -0.500. The molecule has 1 aliphatic heterocycles. The van der Waals surface area contributed by atoms with Crippen molar-refractivity contribution < 1.29 is 0 Å². The van der Waals surface area contributed by atoms with E-state index in [-0.39, 0.29) is 0 Å². The van der Waals surface area contributed by atoms with Crippen LogP contribution < -0.4 is 4.90 Å². The maximum atomic E-state index is 3.53. The quantitative estimate of drug-likeness (QED) is 0.734. The number of rotatable bonds is 5. The molecule has 0 fully saturated rings. The first-order chi connectivity index (χ1) is 8.22. The van der Waals surface area contributed by atoms with Crippen LogP contribution in [0.4, 0.5) is 5.69 Å². The van der Waals surface area contributed by atoms with Crippen molar-refractivity contribution in [3.63, 3.8) is 0 Å². The zero-order chi connectivity index (χ0) is 12.3. The van der Waals surface area contributed by atoms with Crippen LogP contribution in [0.1, 0.15) is 32.3 Å². The second kappa shape index (κ2) is 5.90. The number of fused-ring (bicyclic) bond motifs is 1. The van der Waals surface area contributed by atoms with Gasteiger partial charge in [-0.15, -0.1) is 0 Å². The normalized spacial score (nSPS) is 20.4. The fourth-order valence-electron chi connectivity index (χ4n) is 2.66. The third-order valence-corrected chi connectivity index (χ3v) is 4.27. The summed E-state index contributed by atoms with van der Waals surface area (Å²) in [6, 6.07) is 9.53. The summed E-state index contributed by atoms with van der Waals surface area (Å²) in [6.07, 6.45) is 3.79. The Morgan fingerprint density at radius 2 is 2.12 bits per heavy atom. The highest BCUT2D eigenvalue weighted by Crippen LogP contribution is 2.32. The van der Waals surface area contributed by atoms with Crippen molar-refractivity contribution >= 4 is 21.6 Å². The van der Waals surface area contributed by atoms with Gasteiger partial charge in [0.15, 0.2) is 0 Å². The van der Waals surface area contributed by atoms with E-state index >= 15 is 0 Å². The molecule has 2 unspecified atom stereocenters. The van der Waals surface area contributed by atoms with E-state index in [9.17, 15) is 0 Å². The predicted molar refractivity (Wildman–Crippen MR) is 79.1 cm³/mol. The number of halogens is 1. The largest absolute Gasteiger partial charge is 0.368 e. The van der Waals surface area contributed by atoms with Crippen LogP contribution in [-0.2, 0) is 6.42 Å². The Bertz CT molecular complexity index is 364. The number of hydrogen-bond acceptors (Lipinski definition) is 1. The van der Waals surface area contributed by atoms with E-state index in [4.69, 9.17) is 0 Å². The average molecular weight is 296 g/mol. The van der Waals surface area contributed by atoms with Crippen LogP contribution in [0, 0.1) is 5.92 Å². The SMILES string of the molecule is CC(CCBr)CCN1c2ccccc2CC1C. The molecule has 2 atom stereocenters. The molecule has 1 heterocycles. The molecule has 1 aromatic carbocycles. The summed E-state index contributed by atoms with van der Waals surface area (Å²) >= 11 is 3.53. The van der Waals surface area contributed by atoms with Crippen molar-refractivity contribution in [1.29, 1.82) is 0 Å². The highest BCUT2D eigenvalue weighted by Gasteiger charge is 2.25. The average Bonchev–Trinajstić information content (AvgIpc) is 2.62. The van der Waals surface area contributed by atoms with Crippen LogP contribution in [0.25, 0.3) is 0 Å². The van der Waals surface area contributed by atoms with Crippen LogP contribution in [0.3, 0.4) is 0 Å². The first-order valence-electron chi connectivity index (χ1n) is 6.63. The molecule has 0 aliphatic carbocycles. The molecule has 2 heteroatoms. The lowest BCUT2D eigenvalue weighted by Crippen LogP contribution is -2.31. The number of benzene rings is 1. The van der Waals surface area contributed by atoms with Gasteiger partial charge in [-0.3, -0.25) is 0 Å². The molecule has 0 saturated carbocycles. The molecule has 17 heavy (non-hydrogen) atoms. The lowest BCUT2D eigenvalue weighted by Gasteiger charge is -2.26. The molecule has 94 valence electrons. The summed E-state index contributed by atoms with van der Waals surface area (Å²) < 4.78 is 0. The van der Waals surface area contributed by atoms with Crippen LogP contribution in [-0.4, -0.2) is 17.9 Å². The zero-order valence-electron chi connectivity index (χ0n) is 10.8. The molecule has 0 aromatic heterocycles. The zero-order valence-corrected chi connectivity index (χ0v) is 12.4. The lowest BCUT2D eigenvalue weighted by atomic mass is 10.0. The predicted octanol–water partition coefficient (Wildman–Crippen LogP) is 4.25. The molecular weight excluding hydrogens is 274 g/mol. The Kier molecular flexibility index (Phi) is 4.49. The molecule has 0 N–H and O–H groups in total. The summed E-state index contributed by atoms with van der Waals surface area (Å²) in [6.45, 7) is 5.90. The number of hydrogen-bond donors (Lipinski definition) is 0. The van der Waals surface area contributed by atoms with Crippen LogP contribution in [0.5, 0.6) is 0 Å². The monoisotopic (exact) mass is 295 g/mol. The number of nitrogens with zero attached hydrogens (tertiary/aromatic N) is 1. The minimum absolute atomic E-state index is 0.670. The molecule has 0 radical (unpaired) electrons. The molecule has 0 spiro atoms. The molecule has 2 rings (SSSR count). The van der Waals surface area contributed by atoms with Crippen molar-refractivity contribution in [2.75, 3.05) is 16.8 Å². The van der Waals surface area contributed by atoms with Gasteiger partial charge < -0.3 is 4.90 Å². The molecule has 1 nitrogen and oxygen atoms in total. The minimum atomic E-state index is 0.670. The fraction of sp³-hybridized carbons (Fsp3) is 0.600. The first-order valence-corrected chi connectivity index (χ1v) is 7.75. The highest BCUT2D eigenvalue weighted by molar-refractivity contribution is 9.09. The number of anilines is 1. The van der Waals surface area contributed by atoms with Crippen molar-refractivity contribution in [1.82, 2.24) is 0 Å². The standard InChI is InChI=1S/C15H22BrN/c1-12(7-9-16)8-10-17-13(2)11-14-5-3-4-6-15(14)17/h3-6,12-13H,7-11H2,1-2H3. The van der Waals surface area contributed by atoms with E-state index in [1.165, 1.54) is 37.1 Å². The van der Waals surface area contributed by atoms with Crippen LogP contribution in [0.2, 0.25) is 0 Å². The summed E-state index contributed by atoms with van der Waals surface area (Å²) in [5.74, 6) is 0.814. The van der Waals surface area contributed by atoms with Gasteiger partial charge in [-0.2, -0.15) is 0 Å². The number of para-hydroxylation sites is 1. The van der Waals surface area contributed by atoms with Gasteiger partial charge in [-0.25, -0.2) is 0 Å². The van der Waals surface area contributed by atoms with Crippen LogP contribution >= 0.6 is 15.9 Å². The second-order valence-corrected chi connectivity index (χ2v) is 6.04. The highest BCUT2D eigenvalue weighted by atomic mass is 79.9. The lowest BCUT2D eigenvalue weighted by molar-refractivity contribution is 0.504. The van der Waals surface area contributed by atoms with Crippen molar-refractivity contribution in [3.05, 3.63) is 29.8 Å². The smallest absolute Gasteiger partial charge is 0.0402 e. The Labute approximate surface area is 113 Å². The Balaban J connectivity index is 1.97. The molecular formula is C15H22BrN. The Morgan fingerprint density at radius 1 is 1.35 bits per heavy atom. The minimum Gasteiger partial charge on any atom is -0.368 e. The fourth-order valence-corrected chi connectivity index (χ4v) is 3.44. The molecule has 0 amide bonds. The topological polar surface area (TPSA) is 3.24 Å². The van der Waals surface area contributed by atoms with Gasteiger partial charge in [-0.1, -0.05) is 41.1 Å². The second-order valence-electron chi connectivity index (χ2n) is 5.25. The molecule has 0 saturated heterocycles. The van der Waals surface area contributed by atoms with E-state index in [0.29, 0.717) is 6.04 Å². The van der Waals surface area contributed by atoms with Gasteiger partial charge in [0.25, 0.3) is 0 Å². The van der Waals surface area contributed by atoms with Gasteiger partial charge in [0.05, 0.1) is 0 Å². The maximum Gasteiger partial charge on any atom is 0.0402 e. The first kappa shape index (κ1) is 12.9. The maximum absolute atomic E-state index is 3.53. The van der Waals surface area contributed by atoms with Crippen molar-refractivity contribution in [3.8, 4) is 0 Å². The Morgan fingerprint density at radius 3 is 2.88 bits per heavy atom. The van der Waals surface area contributed by atoms with Gasteiger partial charge in [-0.05, 0) is 43.7 Å². The van der Waals surface area contributed by atoms with Gasteiger partial charge >= 0.3 is 0 Å².